The molecule has 1 saturated heterocycles. The van der Waals surface area contributed by atoms with Crippen LogP contribution in [0, 0.1) is 11.8 Å². The third-order valence-corrected chi connectivity index (χ3v) is 4.23. The molecular formula is C16H22ClN3O2. The number of carbonyl (C=O) groups excluding carboxylic acids is 2. The van der Waals surface area contributed by atoms with Crippen molar-refractivity contribution in [1.29, 1.82) is 0 Å². The van der Waals surface area contributed by atoms with Crippen LogP contribution < -0.4 is 16.0 Å². The van der Waals surface area contributed by atoms with E-state index in [9.17, 15) is 9.59 Å². The van der Waals surface area contributed by atoms with E-state index < -0.39 is 0 Å². The van der Waals surface area contributed by atoms with Gasteiger partial charge in [-0.15, -0.1) is 12.4 Å². The maximum absolute atomic E-state index is 12.2. The molecule has 3 rings (SSSR count). The molecule has 1 aromatic carbocycles. The van der Waals surface area contributed by atoms with Gasteiger partial charge < -0.3 is 16.0 Å². The first-order valence-electron chi connectivity index (χ1n) is 7.56. The van der Waals surface area contributed by atoms with Crippen molar-refractivity contribution >= 4 is 29.9 Å². The number of halogens is 1. The van der Waals surface area contributed by atoms with Crippen LogP contribution in [-0.4, -0.2) is 30.9 Å². The molecule has 1 aromatic rings. The maximum Gasteiger partial charge on any atom is 0.251 e. The Bertz CT molecular complexity index is 558. The predicted molar refractivity (Wildman–Crippen MR) is 88.3 cm³/mol. The second-order valence-electron chi connectivity index (χ2n) is 6.05. The first-order chi connectivity index (χ1) is 10.1. The van der Waals surface area contributed by atoms with Crippen molar-refractivity contribution in [1.82, 2.24) is 10.6 Å². The minimum Gasteiger partial charge on any atom is -0.348 e. The summed E-state index contributed by atoms with van der Waals surface area (Å²) in [6, 6.07) is 7.32. The second kappa shape index (κ2) is 7.11. The number of anilines is 1. The van der Waals surface area contributed by atoms with E-state index in [2.05, 4.69) is 22.9 Å². The number of nitrogens with one attached hydrogen (secondary N) is 3. The van der Waals surface area contributed by atoms with Crippen LogP contribution >= 0.6 is 12.4 Å². The third kappa shape index (κ3) is 3.99. The lowest BCUT2D eigenvalue weighted by Crippen LogP contribution is -2.36. The van der Waals surface area contributed by atoms with Crippen molar-refractivity contribution in [2.75, 3.05) is 18.4 Å². The quantitative estimate of drug-likeness (QED) is 0.791. The van der Waals surface area contributed by atoms with Gasteiger partial charge in [-0.25, -0.2) is 0 Å². The van der Waals surface area contributed by atoms with Gasteiger partial charge in [-0.05, 0) is 43.5 Å². The summed E-state index contributed by atoms with van der Waals surface area (Å²) >= 11 is 0. The lowest BCUT2D eigenvalue weighted by atomic mass is 10.1. The number of amides is 2. The summed E-state index contributed by atoms with van der Waals surface area (Å²) in [4.78, 5) is 24.1. The Kier molecular flexibility index (Phi) is 5.42. The fraction of sp³-hybridized carbons (Fsp3) is 0.500. The Labute approximate surface area is 136 Å². The molecule has 5 nitrogen and oxygen atoms in total. The van der Waals surface area contributed by atoms with Crippen LogP contribution in [0.2, 0.25) is 0 Å². The molecule has 1 saturated carbocycles. The number of hydrogen-bond donors (Lipinski definition) is 3. The first-order valence-corrected chi connectivity index (χ1v) is 7.56. The molecule has 3 N–H and O–H groups in total. The summed E-state index contributed by atoms with van der Waals surface area (Å²) < 4.78 is 0. The molecule has 120 valence electrons. The van der Waals surface area contributed by atoms with Gasteiger partial charge in [0.2, 0.25) is 5.91 Å². The van der Waals surface area contributed by atoms with Gasteiger partial charge in [0.25, 0.3) is 5.91 Å². The molecule has 0 aromatic heterocycles. The molecule has 2 fully saturated rings. The van der Waals surface area contributed by atoms with Crippen LogP contribution in [0.3, 0.4) is 0 Å². The van der Waals surface area contributed by atoms with E-state index in [1.54, 1.807) is 18.2 Å². The van der Waals surface area contributed by atoms with Crippen LogP contribution in [0.5, 0.6) is 0 Å². The van der Waals surface area contributed by atoms with Crippen molar-refractivity contribution < 1.29 is 9.59 Å². The van der Waals surface area contributed by atoms with Crippen LogP contribution in [0.15, 0.2) is 24.3 Å². The molecule has 3 unspecified atom stereocenters. The monoisotopic (exact) mass is 323 g/mol. The highest BCUT2D eigenvalue weighted by Crippen LogP contribution is 2.38. The van der Waals surface area contributed by atoms with Gasteiger partial charge in [0.15, 0.2) is 0 Å². The van der Waals surface area contributed by atoms with E-state index in [-0.39, 0.29) is 36.2 Å². The molecular weight excluding hydrogens is 302 g/mol. The Morgan fingerprint density at radius 1 is 1.32 bits per heavy atom. The van der Waals surface area contributed by atoms with Gasteiger partial charge in [-0.1, -0.05) is 13.0 Å². The highest BCUT2D eigenvalue weighted by molar-refractivity contribution is 5.98. The van der Waals surface area contributed by atoms with E-state index in [1.807, 2.05) is 6.07 Å². The van der Waals surface area contributed by atoms with Crippen molar-refractivity contribution in [3.05, 3.63) is 29.8 Å². The van der Waals surface area contributed by atoms with E-state index >= 15 is 0 Å². The molecule has 0 radical (unpaired) electrons. The number of hydrogen-bond acceptors (Lipinski definition) is 3. The zero-order valence-corrected chi connectivity index (χ0v) is 13.4. The minimum absolute atomic E-state index is 0. The van der Waals surface area contributed by atoms with E-state index in [1.165, 1.54) is 0 Å². The fourth-order valence-electron chi connectivity index (χ4n) is 2.71. The van der Waals surface area contributed by atoms with Gasteiger partial charge in [0.1, 0.15) is 0 Å². The fourth-order valence-corrected chi connectivity index (χ4v) is 2.71. The smallest absolute Gasteiger partial charge is 0.251 e. The largest absolute Gasteiger partial charge is 0.348 e. The second-order valence-corrected chi connectivity index (χ2v) is 6.05. The molecule has 6 heteroatoms. The number of rotatable bonds is 4. The lowest BCUT2D eigenvalue weighted by Gasteiger charge is -2.12. The predicted octanol–water partition coefficient (Wildman–Crippen LogP) is 1.79. The minimum atomic E-state index is -0.0837. The lowest BCUT2D eigenvalue weighted by molar-refractivity contribution is -0.117. The van der Waals surface area contributed by atoms with Crippen molar-refractivity contribution in [2.24, 2.45) is 11.8 Å². The van der Waals surface area contributed by atoms with E-state index in [0.29, 0.717) is 17.2 Å². The van der Waals surface area contributed by atoms with Gasteiger partial charge in [-0.2, -0.15) is 0 Å². The summed E-state index contributed by atoms with van der Waals surface area (Å²) in [7, 11) is 0. The molecule has 2 amide bonds. The Hall–Kier alpha value is -1.59. The molecule has 1 aliphatic carbocycles. The number of carbonyl (C=O) groups is 2. The van der Waals surface area contributed by atoms with Crippen LogP contribution in [0.4, 0.5) is 5.69 Å². The average molecular weight is 324 g/mol. The Balaban J connectivity index is 0.00000176. The van der Waals surface area contributed by atoms with Gasteiger partial charge >= 0.3 is 0 Å². The van der Waals surface area contributed by atoms with E-state index in [0.717, 1.165) is 25.9 Å². The summed E-state index contributed by atoms with van der Waals surface area (Å²) in [5, 5.41) is 9.11. The van der Waals surface area contributed by atoms with Crippen molar-refractivity contribution in [3.63, 3.8) is 0 Å². The highest BCUT2D eigenvalue weighted by Gasteiger charge is 2.39. The molecule has 2 aliphatic rings. The van der Waals surface area contributed by atoms with Crippen molar-refractivity contribution in [2.45, 2.75) is 25.8 Å². The van der Waals surface area contributed by atoms with Crippen LogP contribution in [0.1, 0.15) is 30.1 Å². The zero-order chi connectivity index (χ0) is 14.8. The molecule has 3 atom stereocenters. The maximum atomic E-state index is 12.2. The van der Waals surface area contributed by atoms with E-state index in [4.69, 9.17) is 0 Å². The molecule has 0 bridgehead atoms. The Morgan fingerprint density at radius 3 is 2.73 bits per heavy atom. The molecule has 22 heavy (non-hydrogen) atoms. The number of benzene rings is 1. The summed E-state index contributed by atoms with van der Waals surface area (Å²) in [6.45, 7) is 3.84. The summed E-state index contributed by atoms with van der Waals surface area (Å²) in [5.41, 5.74) is 1.28. The van der Waals surface area contributed by atoms with Gasteiger partial charge in [0, 0.05) is 29.8 Å². The van der Waals surface area contributed by atoms with Crippen molar-refractivity contribution in [3.8, 4) is 0 Å². The zero-order valence-electron chi connectivity index (χ0n) is 12.6. The van der Waals surface area contributed by atoms with Gasteiger partial charge in [-0.3, -0.25) is 9.59 Å². The van der Waals surface area contributed by atoms with Crippen LogP contribution in [0.25, 0.3) is 0 Å². The average Bonchev–Trinajstić information content (AvgIpc) is 2.98. The van der Waals surface area contributed by atoms with Crippen LogP contribution in [-0.2, 0) is 4.79 Å². The molecule has 1 heterocycles. The van der Waals surface area contributed by atoms with Gasteiger partial charge in [0.05, 0.1) is 0 Å². The normalized spacial score (nSPS) is 26.0. The topological polar surface area (TPSA) is 70.2 Å². The third-order valence-electron chi connectivity index (χ3n) is 4.23. The summed E-state index contributed by atoms with van der Waals surface area (Å²) in [5.74, 6) is 0.582. The molecule has 1 aliphatic heterocycles. The first kappa shape index (κ1) is 16.8. The molecule has 0 spiro atoms. The highest BCUT2D eigenvalue weighted by atomic mass is 35.5. The Morgan fingerprint density at radius 2 is 2.09 bits per heavy atom. The standard InChI is InChI=1S/C16H21N3O2.ClH/c1-10-7-14(10)16(21)18-12-4-2-3-11(8-12)15(20)19-13-5-6-17-9-13;/h2-4,8,10,13-14,17H,5-7,9H2,1H3,(H,18,21)(H,19,20);1H. The SMILES string of the molecule is CC1CC1C(=O)Nc1cccc(C(=O)NC2CCNC2)c1.Cl. The summed E-state index contributed by atoms with van der Waals surface area (Å²) in [6.07, 6.45) is 1.92.